The van der Waals surface area contributed by atoms with Gasteiger partial charge in [-0.15, -0.1) is 0 Å². The Bertz CT molecular complexity index is 1100. The van der Waals surface area contributed by atoms with Crippen LogP contribution < -0.4 is 20.9 Å². The van der Waals surface area contributed by atoms with Crippen LogP contribution in [0.5, 0.6) is 5.75 Å². The average molecular weight is 496 g/mol. The van der Waals surface area contributed by atoms with E-state index < -0.39 is 11.8 Å². The molecule has 164 valence electrons. The number of hydrogen-bond donors (Lipinski definition) is 3. The lowest BCUT2D eigenvalue weighted by molar-refractivity contribution is -0.114. The van der Waals surface area contributed by atoms with Gasteiger partial charge in [-0.3, -0.25) is 25.2 Å². The van der Waals surface area contributed by atoms with Crippen molar-refractivity contribution in [2.75, 3.05) is 11.9 Å². The molecule has 0 spiro atoms. The number of halogens is 1. The van der Waals surface area contributed by atoms with Crippen molar-refractivity contribution in [3.63, 3.8) is 0 Å². The summed E-state index contributed by atoms with van der Waals surface area (Å²) in [6, 6.07) is 21.3. The number of hydrazine groups is 1. The molecule has 8 heteroatoms. The largest absolute Gasteiger partial charge is 0.492 e. The third-order valence-electron chi connectivity index (χ3n) is 4.43. The van der Waals surface area contributed by atoms with Gasteiger partial charge in [-0.05, 0) is 48.0 Å². The molecule has 0 saturated carbocycles. The SMILES string of the molecule is CC(=O)Nc1ccc(C(=O)NNC(=O)c2cc(Br)ccc2OCCc2ccccc2)cc1. The van der Waals surface area contributed by atoms with Gasteiger partial charge < -0.3 is 10.1 Å². The molecule has 32 heavy (non-hydrogen) atoms. The molecule has 3 rings (SSSR count). The molecule has 0 aromatic heterocycles. The van der Waals surface area contributed by atoms with Crippen LogP contribution in [0.3, 0.4) is 0 Å². The lowest BCUT2D eigenvalue weighted by atomic mass is 10.1. The van der Waals surface area contributed by atoms with Gasteiger partial charge >= 0.3 is 0 Å². The predicted molar refractivity (Wildman–Crippen MR) is 125 cm³/mol. The number of hydrogen-bond acceptors (Lipinski definition) is 4. The first kappa shape index (κ1) is 23.0. The minimum absolute atomic E-state index is 0.203. The maximum absolute atomic E-state index is 12.7. The maximum Gasteiger partial charge on any atom is 0.273 e. The topological polar surface area (TPSA) is 96.5 Å². The van der Waals surface area contributed by atoms with Crippen molar-refractivity contribution in [2.45, 2.75) is 13.3 Å². The van der Waals surface area contributed by atoms with E-state index in [0.29, 0.717) is 34.5 Å². The second-order valence-corrected chi connectivity index (χ2v) is 7.81. The zero-order valence-corrected chi connectivity index (χ0v) is 18.9. The molecular formula is C24H22BrN3O4. The summed E-state index contributed by atoms with van der Waals surface area (Å²) in [5.41, 5.74) is 7.12. The van der Waals surface area contributed by atoms with Crippen LogP contribution in [0.25, 0.3) is 0 Å². The summed E-state index contributed by atoms with van der Waals surface area (Å²) in [6.45, 7) is 1.80. The van der Waals surface area contributed by atoms with Crippen LogP contribution in [0, 0.1) is 0 Å². The van der Waals surface area contributed by atoms with Crippen molar-refractivity contribution < 1.29 is 19.1 Å². The fourth-order valence-electron chi connectivity index (χ4n) is 2.89. The highest BCUT2D eigenvalue weighted by Crippen LogP contribution is 2.23. The third-order valence-corrected chi connectivity index (χ3v) is 4.93. The van der Waals surface area contributed by atoms with E-state index in [1.165, 1.54) is 6.92 Å². The quantitative estimate of drug-likeness (QED) is 0.429. The number of rotatable bonds is 7. The van der Waals surface area contributed by atoms with Gasteiger partial charge in [0.15, 0.2) is 0 Å². The summed E-state index contributed by atoms with van der Waals surface area (Å²) in [6.07, 6.45) is 0.698. The van der Waals surface area contributed by atoms with E-state index in [1.807, 2.05) is 30.3 Å². The average Bonchev–Trinajstić information content (AvgIpc) is 2.79. The molecule has 0 aliphatic heterocycles. The number of amides is 3. The zero-order chi connectivity index (χ0) is 22.9. The Kier molecular flexibility index (Phi) is 7.99. The van der Waals surface area contributed by atoms with Crippen molar-refractivity contribution in [1.82, 2.24) is 10.9 Å². The highest BCUT2D eigenvalue weighted by molar-refractivity contribution is 9.10. The van der Waals surface area contributed by atoms with E-state index in [9.17, 15) is 14.4 Å². The van der Waals surface area contributed by atoms with E-state index >= 15 is 0 Å². The highest BCUT2D eigenvalue weighted by atomic mass is 79.9. The molecule has 0 heterocycles. The summed E-state index contributed by atoms with van der Waals surface area (Å²) in [5, 5.41) is 2.62. The molecule has 0 aliphatic carbocycles. The molecular weight excluding hydrogens is 474 g/mol. The van der Waals surface area contributed by atoms with E-state index in [2.05, 4.69) is 32.1 Å². The van der Waals surface area contributed by atoms with Crippen molar-refractivity contribution in [2.24, 2.45) is 0 Å². The van der Waals surface area contributed by atoms with Crippen molar-refractivity contribution in [3.05, 3.63) is 94.0 Å². The van der Waals surface area contributed by atoms with Gasteiger partial charge in [0.1, 0.15) is 5.75 Å². The van der Waals surface area contributed by atoms with Crippen LogP contribution in [-0.4, -0.2) is 24.3 Å². The number of anilines is 1. The monoisotopic (exact) mass is 495 g/mol. The first-order valence-corrected chi connectivity index (χ1v) is 10.7. The van der Waals surface area contributed by atoms with Crippen molar-refractivity contribution in [3.8, 4) is 5.75 Å². The number of ether oxygens (including phenoxy) is 1. The van der Waals surface area contributed by atoms with Crippen LogP contribution in [0.4, 0.5) is 5.69 Å². The van der Waals surface area contributed by atoms with Crippen LogP contribution >= 0.6 is 15.9 Å². The minimum Gasteiger partial charge on any atom is -0.492 e. The Balaban J connectivity index is 1.59. The molecule has 3 aromatic rings. The summed E-state index contributed by atoms with van der Waals surface area (Å²) in [5.74, 6) is -0.792. The first-order valence-electron chi connectivity index (χ1n) is 9.87. The lowest BCUT2D eigenvalue weighted by Gasteiger charge is -2.13. The first-order chi connectivity index (χ1) is 15.4. The molecule has 0 fully saturated rings. The Hall–Kier alpha value is -3.65. The number of nitrogens with one attached hydrogen (secondary N) is 3. The van der Waals surface area contributed by atoms with Crippen LogP contribution in [-0.2, 0) is 11.2 Å². The fraction of sp³-hybridized carbons (Fsp3) is 0.125. The van der Waals surface area contributed by atoms with Crippen molar-refractivity contribution in [1.29, 1.82) is 0 Å². The standard InChI is InChI=1S/C24H22BrN3O4/c1-16(29)26-20-10-7-18(8-11-20)23(30)27-28-24(31)21-15-19(25)9-12-22(21)32-14-13-17-5-3-2-4-6-17/h2-12,15H,13-14H2,1H3,(H,26,29)(H,27,30)(H,28,31). The number of carbonyl (C=O) groups is 3. The molecule has 0 radical (unpaired) electrons. The number of carbonyl (C=O) groups excluding carboxylic acids is 3. The highest BCUT2D eigenvalue weighted by Gasteiger charge is 2.15. The van der Waals surface area contributed by atoms with Crippen LogP contribution in [0.2, 0.25) is 0 Å². The second kappa shape index (κ2) is 11.1. The number of benzene rings is 3. The minimum atomic E-state index is -0.510. The van der Waals surface area contributed by atoms with E-state index in [-0.39, 0.29) is 11.5 Å². The van der Waals surface area contributed by atoms with Gasteiger partial charge in [0.2, 0.25) is 5.91 Å². The van der Waals surface area contributed by atoms with Crippen LogP contribution in [0.1, 0.15) is 33.2 Å². The van der Waals surface area contributed by atoms with Gasteiger partial charge in [-0.1, -0.05) is 46.3 Å². The molecule has 0 aliphatic rings. The van der Waals surface area contributed by atoms with Gasteiger partial charge in [-0.25, -0.2) is 0 Å². The smallest absolute Gasteiger partial charge is 0.273 e. The predicted octanol–water partition coefficient (Wildman–Crippen LogP) is 4.10. The van der Waals surface area contributed by atoms with E-state index in [4.69, 9.17) is 4.74 Å². The summed E-state index contributed by atoms with van der Waals surface area (Å²) in [4.78, 5) is 36.1. The molecule has 0 saturated heterocycles. The Morgan fingerprint density at radius 3 is 2.25 bits per heavy atom. The molecule has 7 nitrogen and oxygen atoms in total. The molecule has 0 unspecified atom stereocenters. The van der Waals surface area contributed by atoms with Crippen molar-refractivity contribution >= 4 is 39.3 Å². The molecule has 3 aromatic carbocycles. The maximum atomic E-state index is 12.7. The van der Waals surface area contributed by atoms with E-state index in [0.717, 1.165) is 5.56 Å². The zero-order valence-electron chi connectivity index (χ0n) is 17.4. The van der Waals surface area contributed by atoms with Gasteiger partial charge in [0.05, 0.1) is 12.2 Å². The fourth-order valence-corrected chi connectivity index (χ4v) is 3.25. The van der Waals surface area contributed by atoms with E-state index in [1.54, 1.807) is 42.5 Å². The molecule has 3 N–H and O–H groups in total. The Morgan fingerprint density at radius 2 is 1.56 bits per heavy atom. The van der Waals surface area contributed by atoms with Gasteiger partial charge in [-0.2, -0.15) is 0 Å². The summed E-state index contributed by atoms with van der Waals surface area (Å²) >= 11 is 3.36. The molecule has 3 amide bonds. The summed E-state index contributed by atoms with van der Waals surface area (Å²) in [7, 11) is 0. The summed E-state index contributed by atoms with van der Waals surface area (Å²) < 4.78 is 6.53. The normalized spacial score (nSPS) is 10.2. The second-order valence-electron chi connectivity index (χ2n) is 6.89. The third kappa shape index (κ3) is 6.68. The molecule has 0 atom stereocenters. The van der Waals surface area contributed by atoms with Gasteiger partial charge in [0, 0.05) is 29.1 Å². The lowest BCUT2D eigenvalue weighted by Crippen LogP contribution is -2.41. The van der Waals surface area contributed by atoms with Crippen LogP contribution in [0.15, 0.2) is 77.3 Å². The molecule has 0 bridgehead atoms. The Morgan fingerprint density at radius 1 is 0.875 bits per heavy atom. The van der Waals surface area contributed by atoms with Gasteiger partial charge in [0.25, 0.3) is 11.8 Å². The Labute approximate surface area is 194 Å².